The number of H-pyrrole nitrogens is 1. The zero-order chi connectivity index (χ0) is 15.3. The number of ether oxygens (including phenoxy) is 1. The molecule has 2 aromatic rings. The lowest BCUT2D eigenvalue weighted by atomic mass is 9.85. The third kappa shape index (κ3) is 4.31. The van der Waals surface area contributed by atoms with E-state index in [1.54, 1.807) is 6.20 Å². The van der Waals surface area contributed by atoms with Gasteiger partial charge < -0.3 is 4.74 Å². The number of hydrogen-bond acceptors (Lipinski definition) is 3. The Bertz CT molecular complexity index is 556. The Balaban J connectivity index is 2.16. The van der Waals surface area contributed by atoms with Gasteiger partial charge in [0.05, 0.1) is 18.5 Å². The largest absolute Gasteiger partial charge is 0.493 e. The monoisotopic (exact) mass is 287 g/mol. The van der Waals surface area contributed by atoms with Crippen LogP contribution in [0.3, 0.4) is 0 Å². The van der Waals surface area contributed by atoms with Crippen molar-refractivity contribution in [2.45, 2.75) is 52.4 Å². The molecule has 1 N–H and O–H groups in total. The van der Waals surface area contributed by atoms with Crippen LogP contribution >= 0.6 is 0 Å². The van der Waals surface area contributed by atoms with Gasteiger partial charge in [0.25, 0.3) is 0 Å². The number of nitrogens with zero attached hydrogens (tertiary/aromatic N) is 2. The Labute approximate surface area is 126 Å². The number of nitrogens with one attached hydrogen (secondary N) is 1. The molecule has 1 aromatic heterocycles. The molecule has 2 rings (SSSR count). The predicted octanol–water partition coefficient (Wildman–Crippen LogP) is 3.68. The van der Waals surface area contributed by atoms with Gasteiger partial charge in [-0.25, -0.2) is 0 Å². The molecule has 0 aliphatic heterocycles. The highest BCUT2D eigenvalue weighted by atomic mass is 16.5. The van der Waals surface area contributed by atoms with Gasteiger partial charge in [0.2, 0.25) is 0 Å². The zero-order valence-electron chi connectivity index (χ0n) is 13.4. The fourth-order valence-corrected chi connectivity index (χ4v) is 2.27. The van der Waals surface area contributed by atoms with Gasteiger partial charge in [0, 0.05) is 0 Å². The second kappa shape index (κ2) is 6.74. The third-order valence-corrected chi connectivity index (χ3v) is 3.45. The Morgan fingerprint density at radius 2 is 2.00 bits per heavy atom. The van der Waals surface area contributed by atoms with E-state index in [0.29, 0.717) is 0 Å². The molecule has 4 nitrogen and oxygen atoms in total. The number of benzene rings is 1. The minimum Gasteiger partial charge on any atom is -0.493 e. The maximum atomic E-state index is 5.89. The first-order valence-electron chi connectivity index (χ1n) is 7.61. The summed E-state index contributed by atoms with van der Waals surface area (Å²) >= 11 is 0. The van der Waals surface area contributed by atoms with Crippen LogP contribution < -0.4 is 4.74 Å². The zero-order valence-corrected chi connectivity index (χ0v) is 13.4. The van der Waals surface area contributed by atoms with E-state index in [4.69, 9.17) is 4.74 Å². The first kappa shape index (κ1) is 15.5. The van der Waals surface area contributed by atoms with Crippen molar-refractivity contribution in [2.24, 2.45) is 0 Å². The van der Waals surface area contributed by atoms with E-state index < -0.39 is 0 Å². The van der Waals surface area contributed by atoms with Crippen LogP contribution in [0.5, 0.6) is 5.75 Å². The van der Waals surface area contributed by atoms with E-state index in [2.05, 4.69) is 61.3 Å². The lowest BCUT2D eigenvalue weighted by Crippen LogP contribution is -2.14. The molecule has 0 radical (unpaired) electrons. The van der Waals surface area contributed by atoms with Gasteiger partial charge in [-0.1, -0.05) is 39.8 Å². The van der Waals surface area contributed by atoms with Crippen molar-refractivity contribution in [3.8, 4) is 5.75 Å². The summed E-state index contributed by atoms with van der Waals surface area (Å²) in [6, 6.07) is 6.53. The van der Waals surface area contributed by atoms with Crippen molar-refractivity contribution in [2.75, 3.05) is 6.61 Å². The molecule has 0 saturated carbocycles. The summed E-state index contributed by atoms with van der Waals surface area (Å²) in [5, 5.41) is 10.6. The number of aromatic nitrogens is 3. The van der Waals surface area contributed by atoms with E-state index in [1.807, 2.05) is 0 Å². The molecule has 0 aliphatic carbocycles. The van der Waals surface area contributed by atoms with Crippen molar-refractivity contribution >= 4 is 0 Å². The lowest BCUT2D eigenvalue weighted by molar-refractivity contribution is 0.308. The van der Waals surface area contributed by atoms with Crippen LogP contribution in [-0.2, 0) is 18.3 Å². The first-order valence-corrected chi connectivity index (χ1v) is 7.61. The van der Waals surface area contributed by atoms with Crippen LogP contribution in [0.25, 0.3) is 0 Å². The number of rotatable bonds is 6. The summed E-state index contributed by atoms with van der Waals surface area (Å²) < 4.78 is 5.89. The summed E-state index contributed by atoms with van der Waals surface area (Å²) in [5.74, 6) is 1.01. The summed E-state index contributed by atoms with van der Waals surface area (Å²) in [7, 11) is 0. The Hall–Kier alpha value is -1.84. The molecule has 0 bridgehead atoms. The van der Waals surface area contributed by atoms with Gasteiger partial charge in [0.1, 0.15) is 5.75 Å². The molecule has 4 heteroatoms. The molecule has 1 aromatic carbocycles. The van der Waals surface area contributed by atoms with Gasteiger partial charge in [0.15, 0.2) is 0 Å². The normalized spacial score (nSPS) is 11.6. The number of aryl methyl sites for hydroxylation is 2. The van der Waals surface area contributed by atoms with Crippen LogP contribution in [0.2, 0.25) is 0 Å². The second-order valence-electron chi connectivity index (χ2n) is 6.39. The van der Waals surface area contributed by atoms with Crippen LogP contribution in [0.1, 0.15) is 50.9 Å². The van der Waals surface area contributed by atoms with Crippen molar-refractivity contribution in [3.63, 3.8) is 0 Å². The van der Waals surface area contributed by atoms with Crippen LogP contribution in [-0.4, -0.2) is 22.0 Å². The highest BCUT2D eigenvalue weighted by Crippen LogP contribution is 2.32. The average molecular weight is 287 g/mol. The van der Waals surface area contributed by atoms with Crippen LogP contribution in [0.4, 0.5) is 0 Å². The number of hydrogen-bond donors (Lipinski definition) is 1. The Morgan fingerprint density at radius 3 is 2.62 bits per heavy atom. The molecule has 0 amide bonds. The molecule has 0 spiro atoms. The van der Waals surface area contributed by atoms with E-state index in [1.165, 1.54) is 11.1 Å². The molecular formula is C17H25N3O. The van der Waals surface area contributed by atoms with Gasteiger partial charge >= 0.3 is 0 Å². The molecular weight excluding hydrogens is 262 g/mol. The topological polar surface area (TPSA) is 50.8 Å². The second-order valence-corrected chi connectivity index (χ2v) is 6.39. The van der Waals surface area contributed by atoms with E-state index in [0.717, 1.165) is 37.3 Å². The smallest absolute Gasteiger partial charge is 0.123 e. The lowest BCUT2D eigenvalue weighted by Gasteiger charge is -2.23. The van der Waals surface area contributed by atoms with Crippen LogP contribution in [0.15, 0.2) is 24.4 Å². The summed E-state index contributed by atoms with van der Waals surface area (Å²) in [4.78, 5) is 0. The van der Waals surface area contributed by atoms with Gasteiger partial charge in [-0.05, 0) is 41.9 Å². The highest BCUT2D eigenvalue weighted by molar-refractivity contribution is 5.41. The molecule has 0 saturated heterocycles. The van der Waals surface area contributed by atoms with E-state index >= 15 is 0 Å². The van der Waals surface area contributed by atoms with Crippen molar-refractivity contribution < 1.29 is 4.74 Å². The minimum atomic E-state index is 0.0764. The Kier molecular flexibility index (Phi) is 4.99. The minimum absolute atomic E-state index is 0.0764. The van der Waals surface area contributed by atoms with Crippen LogP contribution in [0, 0.1) is 0 Å². The van der Waals surface area contributed by atoms with E-state index in [9.17, 15) is 0 Å². The van der Waals surface area contributed by atoms with Gasteiger partial charge in [-0.15, -0.1) is 0 Å². The third-order valence-electron chi connectivity index (χ3n) is 3.45. The standard InChI is InChI=1S/C17H25N3O/c1-5-10-21-16-9-7-13(11-15(16)17(2,3)4)6-8-14-12-18-20-19-14/h7,9,11-12H,5-6,8,10H2,1-4H3,(H,18,19,20). The number of aromatic amines is 1. The molecule has 0 atom stereocenters. The fourth-order valence-electron chi connectivity index (χ4n) is 2.27. The fraction of sp³-hybridized carbons (Fsp3) is 0.529. The molecule has 0 fully saturated rings. The molecule has 0 aliphatic rings. The van der Waals surface area contributed by atoms with Crippen molar-refractivity contribution in [3.05, 3.63) is 41.2 Å². The van der Waals surface area contributed by atoms with Crippen molar-refractivity contribution in [1.82, 2.24) is 15.4 Å². The maximum Gasteiger partial charge on any atom is 0.123 e. The molecule has 114 valence electrons. The van der Waals surface area contributed by atoms with Gasteiger partial charge in [-0.2, -0.15) is 15.4 Å². The highest BCUT2D eigenvalue weighted by Gasteiger charge is 2.19. The summed E-state index contributed by atoms with van der Waals surface area (Å²) in [6.45, 7) is 9.57. The first-order chi connectivity index (χ1) is 10.0. The summed E-state index contributed by atoms with van der Waals surface area (Å²) in [5.41, 5.74) is 3.66. The quantitative estimate of drug-likeness (QED) is 0.881. The molecule has 21 heavy (non-hydrogen) atoms. The van der Waals surface area contributed by atoms with E-state index in [-0.39, 0.29) is 5.41 Å². The molecule has 1 heterocycles. The molecule has 0 unspecified atom stereocenters. The SMILES string of the molecule is CCCOc1ccc(CCc2cn[nH]n2)cc1C(C)(C)C. The Morgan fingerprint density at radius 1 is 1.19 bits per heavy atom. The maximum absolute atomic E-state index is 5.89. The average Bonchev–Trinajstić information content (AvgIpc) is 2.95. The summed E-state index contributed by atoms with van der Waals surface area (Å²) in [6.07, 6.45) is 4.67. The van der Waals surface area contributed by atoms with Gasteiger partial charge in [-0.3, -0.25) is 0 Å². The van der Waals surface area contributed by atoms with Crippen molar-refractivity contribution in [1.29, 1.82) is 0 Å². The predicted molar refractivity (Wildman–Crippen MR) is 84.7 cm³/mol.